The first-order valence-electron chi connectivity index (χ1n) is 7.41. The molecule has 0 rings (SSSR count). The van der Waals surface area contributed by atoms with Crippen molar-refractivity contribution >= 4 is 0 Å². The summed E-state index contributed by atoms with van der Waals surface area (Å²) in [6, 6.07) is 0. The third-order valence-electron chi connectivity index (χ3n) is 2.58. The summed E-state index contributed by atoms with van der Waals surface area (Å²) < 4.78 is 10.9. The van der Waals surface area contributed by atoms with Crippen LogP contribution in [-0.2, 0) is 9.47 Å². The van der Waals surface area contributed by atoms with Gasteiger partial charge < -0.3 is 20.1 Å². The van der Waals surface area contributed by atoms with Crippen molar-refractivity contribution in [2.45, 2.75) is 26.7 Å². The van der Waals surface area contributed by atoms with Crippen molar-refractivity contribution in [2.75, 3.05) is 39.5 Å². The second-order valence-corrected chi connectivity index (χ2v) is 4.64. The molecule has 0 amide bonds. The van der Waals surface area contributed by atoms with Crippen molar-refractivity contribution in [3.63, 3.8) is 0 Å². The van der Waals surface area contributed by atoms with Crippen LogP contribution in [0.25, 0.3) is 0 Å². The highest BCUT2D eigenvalue weighted by Gasteiger charge is 1.92. The highest BCUT2D eigenvalue weighted by atomic mass is 16.5. The zero-order chi connectivity index (χ0) is 16.5. The van der Waals surface area contributed by atoms with Crippen LogP contribution < -0.4 is 10.6 Å². The summed E-state index contributed by atoms with van der Waals surface area (Å²) in [5.41, 5.74) is 14.8. The molecule has 0 aromatic rings. The monoisotopic (exact) mass is 312 g/mol. The number of ether oxygens (including phenoxy) is 2. The van der Waals surface area contributed by atoms with Crippen molar-refractivity contribution in [2.24, 2.45) is 10.2 Å². The second-order valence-electron chi connectivity index (χ2n) is 4.64. The van der Waals surface area contributed by atoms with Crippen LogP contribution in [-0.4, -0.2) is 39.5 Å². The summed E-state index contributed by atoms with van der Waals surface area (Å²) in [6.07, 6.45) is 5.35. The number of hydrogen-bond donors (Lipinski definition) is 4. The minimum absolute atomic E-state index is 0.638. The molecule has 0 heterocycles. The van der Waals surface area contributed by atoms with Crippen LogP contribution in [0.3, 0.4) is 0 Å². The molecule has 0 aliphatic heterocycles. The van der Waals surface area contributed by atoms with Gasteiger partial charge in [-0.2, -0.15) is 10.2 Å². The van der Waals surface area contributed by atoms with Gasteiger partial charge in [0.1, 0.15) is 0 Å². The molecule has 126 valence electrons. The van der Waals surface area contributed by atoms with E-state index in [-0.39, 0.29) is 0 Å². The molecular formula is C14H28N6O2. The molecule has 0 aliphatic rings. The molecule has 22 heavy (non-hydrogen) atoms. The lowest BCUT2D eigenvalue weighted by Gasteiger charge is -2.06. The van der Waals surface area contributed by atoms with E-state index >= 15 is 0 Å². The Bertz CT molecular complexity index is 323. The van der Waals surface area contributed by atoms with E-state index in [1.807, 2.05) is 0 Å². The van der Waals surface area contributed by atoms with Crippen LogP contribution in [0.1, 0.15) is 26.7 Å². The van der Waals surface area contributed by atoms with Gasteiger partial charge in [-0.25, -0.2) is 11.1 Å². The van der Waals surface area contributed by atoms with Gasteiger partial charge >= 0.3 is 0 Å². The Labute approximate surface area is 132 Å². The maximum absolute atomic E-state index is 6.76. The van der Waals surface area contributed by atoms with Gasteiger partial charge in [-0.3, -0.25) is 0 Å². The molecule has 0 fully saturated rings. The van der Waals surface area contributed by atoms with E-state index in [0.29, 0.717) is 37.7 Å². The molecule has 0 aromatic carbocycles. The van der Waals surface area contributed by atoms with E-state index in [0.717, 1.165) is 26.1 Å². The van der Waals surface area contributed by atoms with Crippen LogP contribution in [0.2, 0.25) is 0 Å². The zero-order valence-electron chi connectivity index (χ0n) is 13.5. The molecule has 0 unspecified atom stereocenters. The Morgan fingerprint density at radius 2 is 1.23 bits per heavy atom. The Hall–Kier alpha value is -1.80. The molecule has 8 nitrogen and oxygen atoms in total. The number of rotatable bonds is 15. The summed E-state index contributed by atoms with van der Waals surface area (Å²) in [7, 11) is 0. The maximum atomic E-state index is 6.76. The highest BCUT2D eigenvalue weighted by Crippen LogP contribution is 1.92. The van der Waals surface area contributed by atoms with Gasteiger partial charge in [-0.1, -0.05) is 0 Å². The topological polar surface area (TPSA) is 115 Å². The molecule has 0 saturated heterocycles. The summed E-state index contributed by atoms with van der Waals surface area (Å²) in [5, 5.41) is 12.6. The predicted molar refractivity (Wildman–Crippen MR) is 84.7 cm³/mol. The van der Waals surface area contributed by atoms with Crippen LogP contribution in [0.4, 0.5) is 0 Å². The first-order valence-corrected chi connectivity index (χ1v) is 7.41. The molecule has 0 bridgehead atoms. The summed E-state index contributed by atoms with van der Waals surface area (Å²) in [4.78, 5) is 0. The van der Waals surface area contributed by atoms with Crippen molar-refractivity contribution < 1.29 is 9.47 Å². The molecule has 0 aromatic heterocycles. The lowest BCUT2D eigenvalue weighted by atomic mass is 10.3. The van der Waals surface area contributed by atoms with Crippen LogP contribution in [0, 0.1) is 11.1 Å². The van der Waals surface area contributed by atoms with Crippen LogP contribution in [0.5, 0.6) is 0 Å². The minimum atomic E-state index is 0.638. The number of nitrogens with one attached hydrogen (secondary N) is 4. The normalized spacial score (nSPS) is 12.1. The molecule has 0 saturated carbocycles. The van der Waals surface area contributed by atoms with E-state index in [1.165, 1.54) is 0 Å². The third kappa shape index (κ3) is 14.6. The SMILES string of the molecule is C/C(=C/NCCOCCCCOCCN/C=C(/C)N=N)N=N. The number of unbranched alkanes of at least 4 members (excludes halogenated alkanes) is 1. The van der Waals surface area contributed by atoms with Crippen molar-refractivity contribution in [3.05, 3.63) is 23.8 Å². The lowest BCUT2D eigenvalue weighted by molar-refractivity contribution is 0.106. The third-order valence-corrected chi connectivity index (χ3v) is 2.58. The standard InChI is InChI=1S/C14H28N6O2/c1-13(19-15)11-17-5-9-21-7-3-4-8-22-10-6-18-12-14(2)20-16/h11-12,15-18H,3-10H2,1-2H3/b13-11-,14-12-,19-15?,20-16?. The fourth-order valence-electron chi connectivity index (χ4n) is 1.38. The van der Waals surface area contributed by atoms with E-state index in [9.17, 15) is 0 Å². The van der Waals surface area contributed by atoms with Gasteiger partial charge in [0.15, 0.2) is 0 Å². The molecule has 0 atom stereocenters. The Morgan fingerprint density at radius 1 is 0.818 bits per heavy atom. The molecule has 0 aliphatic carbocycles. The molecule has 4 N–H and O–H groups in total. The van der Waals surface area contributed by atoms with Gasteiger partial charge in [-0.15, -0.1) is 0 Å². The van der Waals surface area contributed by atoms with E-state index in [2.05, 4.69) is 20.9 Å². The Balaban J connectivity index is 3.18. The highest BCUT2D eigenvalue weighted by molar-refractivity contribution is 4.91. The molecule has 0 spiro atoms. The fraction of sp³-hybridized carbons (Fsp3) is 0.714. The molecule has 8 heteroatoms. The van der Waals surface area contributed by atoms with Crippen molar-refractivity contribution in [1.82, 2.24) is 10.6 Å². The van der Waals surface area contributed by atoms with Crippen LogP contribution >= 0.6 is 0 Å². The maximum Gasteiger partial charge on any atom is 0.0748 e. The average Bonchev–Trinajstić information content (AvgIpc) is 2.54. The number of hydrogen-bond acceptors (Lipinski definition) is 8. The number of nitrogens with zero attached hydrogens (tertiary/aromatic N) is 2. The first-order chi connectivity index (χ1) is 10.7. The van der Waals surface area contributed by atoms with Gasteiger partial charge in [0.25, 0.3) is 0 Å². The smallest absolute Gasteiger partial charge is 0.0748 e. The van der Waals surface area contributed by atoms with Crippen molar-refractivity contribution in [3.8, 4) is 0 Å². The predicted octanol–water partition coefficient (Wildman–Crippen LogP) is 2.76. The minimum Gasteiger partial charge on any atom is -0.387 e. The largest absolute Gasteiger partial charge is 0.387 e. The first kappa shape index (κ1) is 20.2. The Morgan fingerprint density at radius 3 is 1.59 bits per heavy atom. The van der Waals surface area contributed by atoms with Gasteiger partial charge in [0.2, 0.25) is 0 Å². The fourth-order valence-corrected chi connectivity index (χ4v) is 1.38. The van der Waals surface area contributed by atoms with Gasteiger partial charge in [0.05, 0.1) is 24.6 Å². The summed E-state index contributed by atoms with van der Waals surface area (Å²) in [6.45, 7) is 7.68. The summed E-state index contributed by atoms with van der Waals surface area (Å²) in [5.74, 6) is 0. The lowest BCUT2D eigenvalue weighted by Crippen LogP contribution is -2.15. The Kier molecular flexibility index (Phi) is 14.3. The van der Waals surface area contributed by atoms with Gasteiger partial charge in [-0.05, 0) is 26.7 Å². The van der Waals surface area contributed by atoms with E-state index < -0.39 is 0 Å². The van der Waals surface area contributed by atoms with E-state index in [4.69, 9.17) is 20.5 Å². The second kappa shape index (κ2) is 15.6. The van der Waals surface area contributed by atoms with Crippen LogP contribution in [0.15, 0.2) is 34.0 Å². The zero-order valence-corrected chi connectivity index (χ0v) is 13.5. The van der Waals surface area contributed by atoms with E-state index in [1.54, 1.807) is 26.2 Å². The average molecular weight is 312 g/mol. The van der Waals surface area contributed by atoms with Gasteiger partial charge in [0, 0.05) is 38.7 Å². The molecular weight excluding hydrogens is 284 g/mol. The number of allylic oxidation sites excluding steroid dienone is 2. The molecule has 0 radical (unpaired) electrons. The summed E-state index contributed by atoms with van der Waals surface area (Å²) >= 11 is 0. The quantitative estimate of drug-likeness (QED) is 0.275. The van der Waals surface area contributed by atoms with Crippen molar-refractivity contribution in [1.29, 1.82) is 11.1 Å².